The van der Waals surface area contributed by atoms with Crippen LogP contribution in [0, 0.1) is 30.3 Å². The number of rotatable bonds is 9. The van der Waals surface area contributed by atoms with Crippen molar-refractivity contribution in [3.63, 3.8) is 0 Å². The zero-order chi connectivity index (χ0) is 31.3. The molecule has 0 unspecified atom stereocenters. The highest BCUT2D eigenvalue weighted by molar-refractivity contribution is 5.91. The highest BCUT2D eigenvalue weighted by Gasteiger charge is 2.43. The molecule has 0 N–H and O–H groups in total. The van der Waals surface area contributed by atoms with Gasteiger partial charge in [0.25, 0.3) is 17.1 Å². The smallest absolute Gasteiger partial charge is 0.340 e. The topological polar surface area (TPSA) is 218 Å². The third-order valence-corrected chi connectivity index (χ3v) is 6.30. The standard InChI is InChI=1S/C27H21N3O13/c1-15-24(43-27(33)18-6-12-21(13-7-18)30(38)39)22(41-25(31)16-2-8-19(9-3-16)28(34)35)14-23(40-15)42-26(32)17-4-10-20(11-5-17)29(36)37/h2-13,15,22-24H,14H2,1H3/t15-,22-,23+,24+/m1/s1. The van der Waals surface area contributed by atoms with Crippen molar-refractivity contribution >= 4 is 35.0 Å². The Hall–Kier alpha value is -5.77. The zero-order valence-corrected chi connectivity index (χ0v) is 22.1. The van der Waals surface area contributed by atoms with Crippen molar-refractivity contribution < 1.29 is 48.1 Å². The van der Waals surface area contributed by atoms with E-state index in [1.165, 1.54) is 43.3 Å². The summed E-state index contributed by atoms with van der Waals surface area (Å²) in [6, 6.07) is 13.7. The van der Waals surface area contributed by atoms with E-state index < -0.39 is 57.3 Å². The van der Waals surface area contributed by atoms with Crippen molar-refractivity contribution in [2.24, 2.45) is 0 Å². The van der Waals surface area contributed by atoms with Gasteiger partial charge in [-0.05, 0) is 43.3 Å². The van der Waals surface area contributed by atoms with Gasteiger partial charge in [0.15, 0.2) is 6.10 Å². The number of hydrogen-bond acceptors (Lipinski definition) is 13. The molecule has 16 nitrogen and oxygen atoms in total. The molecule has 3 aromatic rings. The minimum Gasteiger partial charge on any atom is -0.454 e. The summed E-state index contributed by atoms with van der Waals surface area (Å²) in [6.45, 7) is 1.46. The van der Waals surface area contributed by atoms with Crippen molar-refractivity contribution in [2.75, 3.05) is 0 Å². The second kappa shape index (κ2) is 12.8. The Bertz CT molecular complexity index is 1560. The molecule has 1 aliphatic rings. The van der Waals surface area contributed by atoms with Crippen LogP contribution in [0.3, 0.4) is 0 Å². The van der Waals surface area contributed by atoms with Crippen LogP contribution in [0.4, 0.5) is 17.1 Å². The number of esters is 3. The van der Waals surface area contributed by atoms with E-state index in [0.717, 1.165) is 36.4 Å². The van der Waals surface area contributed by atoms with Gasteiger partial charge in [0.05, 0.1) is 44.0 Å². The van der Waals surface area contributed by atoms with Crippen LogP contribution in [-0.4, -0.2) is 57.3 Å². The van der Waals surface area contributed by atoms with E-state index in [2.05, 4.69) is 0 Å². The third kappa shape index (κ3) is 7.31. The van der Waals surface area contributed by atoms with Crippen LogP contribution in [0.15, 0.2) is 72.8 Å². The average molecular weight is 595 g/mol. The lowest BCUT2D eigenvalue weighted by Gasteiger charge is -2.38. The number of nitro groups is 3. The number of benzene rings is 3. The van der Waals surface area contributed by atoms with Crippen LogP contribution < -0.4 is 0 Å². The summed E-state index contributed by atoms with van der Waals surface area (Å²) in [5.74, 6) is -2.73. The molecule has 1 heterocycles. The minimum atomic E-state index is -1.30. The maximum atomic E-state index is 12.9. The number of nitrogens with zero attached hydrogens (tertiary/aromatic N) is 3. The van der Waals surface area contributed by atoms with Gasteiger partial charge < -0.3 is 18.9 Å². The van der Waals surface area contributed by atoms with Crippen LogP contribution in [0.1, 0.15) is 44.4 Å². The summed E-state index contributed by atoms with van der Waals surface area (Å²) < 4.78 is 22.2. The summed E-state index contributed by atoms with van der Waals surface area (Å²) in [4.78, 5) is 69.3. The Morgan fingerprint density at radius 2 is 0.977 bits per heavy atom. The first kappa shape index (κ1) is 30.2. The van der Waals surface area contributed by atoms with Crippen LogP contribution in [0.25, 0.3) is 0 Å². The molecule has 4 atom stereocenters. The predicted molar refractivity (Wildman–Crippen MR) is 142 cm³/mol. The maximum Gasteiger partial charge on any atom is 0.340 e. The molecule has 0 bridgehead atoms. The van der Waals surface area contributed by atoms with Gasteiger partial charge in [-0.2, -0.15) is 0 Å². The first-order valence-electron chi connectivity index (χ1n) is 12.4. The van der Waals surface area contributed by atoms with Crippen LogP contribution in [0.5, 0.6) is 0 Å². The molecular weight excluding hydrogens is 574 g/mol. The fourth-order valence-corrected chi connectivity index (χ4v) is 4.10. The molecule has 16 heteroatoms. The molecule has 0 spiro atoms. The van der Waals surface area contributed by atoms with E-state index in [-0.39, 0.29) is 40.2 Å². The van der Waals surface area contributed by atoms with Crippen molar-refractivity contribution in [1.82, 2.24) is 0 Å². The number of carbonyl (C=O) groups is 3. The predicted octanol–water partition coefficient (Wildman–Crippen LogP) is 4.15. The molecule has 0 saturated carbocycles. The first-order chi connectivity index (χ1) is 20.4. The number of nitro benzene ring substituents is 3. The van der Waals surface area contributed by atoms with Gasteiger partial charge in [-0.3, -0.25) is 30.3 Å². The summed E-state index contributed by atoms with van der Waals surface area (Å²) in [6.07, 6.45) is -5.11. The van der Waals surface area contributed by atoms with E-state index in [1.54, 1.807) is 0 Å². The highest BCUT2D eigenvalue weighted by Crippen LogP contribution is 2.29. The van der Waals surface area contributed by atoms with Crippen LogP contribution in [0.2, 0.25) is 0 Å². The Kier molecular flexibility index (Phi) is 9.00. The Balaban J connectivity index is 1.53. The number of ether oxygens (including phenoxy) is 4. The number of carbonyl (C=O) groups excluding carboxylic acids is 3. The Morgan fingerprint density at radius 1 is 0.628 bits per heavy atom. The third-order valence-electron chi connectivity index (χ3n) is 6.30. The van der Waals surface area contributed by atoms with Crippen LogP contribution >= 0.6 is 0 Å². The van der Waals surface area contributed by atoms with Gasteiger partial charge in [-0.15, -0.1) is 0 Å². The lowest BCUT2D eigenvalue weighted by atomic mass is 10.0. The van der Waals surface area contributed by atoms with Crippen molar-refractivity contribution in [1.29, 1.82) is 0 Å². The van der Waals surface area contributed by atoms with Gasteiger partial charge >= 0.3 is 17.9 Å². The molecular formula is C27H21N3O13. The molecule has 1 saturated heterocycles. The monoisotopic (exact) mass is 595 g/mol. The Morgan fingerprint density at radius 3 is 1.35 bits per heavy atom. The van der Waals surface area contributed by atoms with Crippen LogP contribution in [-0.2, 0) is 18.9 Å². The van der Waals surface area contributed by atoms with Gasteiger partial charge in [-0.1, -0.05) is 0 Å². The van der Waals surface area contributed by atoms with E-state index in [4.69, 9.17) is 18.9 Å². The summed E-state index contributed by atoms with van der Waals surface area (Å²) >= 11 is 0. The fraction of sp³-hybridized carbons (Fsp3) is 0.222. The lowest BCUT2D eigenvalue weighted by molar-refractivity contribution is -0.385. The molecule has 43 heavy (non-hydrogen) atoms. The largest absolute Gasteiger partial charge is 0.454 e. The molecule has 3 aromatic carbocycles. The van der Waals surface area contributed by atoms with E-state index in [0.29, 0.717) is 0 Å². The second-order valence-corrected chi connectivity index (χ2v) is 9.14. The number of hydrogen-bond donors (Lipinski definition) is 0. The SMILES string of the molecule is C[C@H]1O[C@@H](OC(=O)c2ccc([N+](=O)[O-])cc2)C[C@@H](OC(=O)c2ccc([N+](=O)[O-])cc2)[C@H]1OC(=O)c1ccc([N+](=O)[O-])cc1. The van der Waals surface area contributed by atoms with Gasteiger partial charge in [-0.25, -0.2) is 14.4 Å². The van der Waals surface area contributed by atoms with Gasteiger partial charge in [0.1, 0.15) is 6.10 Å². The maximum absolute atomic E-state index is 12.9. The van der Waals surface area contributed by atoms with E-state index in [1.807, 2.05) is 0 Å². The van der Waals surface area contributed by atoms with Crippen molar-refractivity contribution in [3.8, 4) is 0 Å². The van der Waals surface area contributed by atoms with Gasteiger partial charge in [0, 0.05) is 36.4 Å². The fourth-order valence-electron chi connectivity index (χ4n) is 4.10. The molecule has 4 rings (SSSR count). The normalized spacial score (nSPS) is 19.5. The quantitative estimate of drug-likeness (QED) is 0.147. The van der Waals surface area contributed by atoms with Gasteiger partial charge in [0.2, 0.25) is 6.29 Å². The highest BCUT2D eigenvalue weighted by atomic mass is 16.7. The molecule has 0 aromatic heterocycles. The zero-order valence-electron chi connectivity index (χ0n) is 22.1. The summed E-state index contributed by atoms with van der Waals surface area (Å²) in [7, 11) is 0. The number of non-ortho nitro benzene ring substituents is 3. The molecule has 0 radical (unpaired) electrons. The molecule has 222 valence electrons. The summed E-state index contributed by atoms with van der Waals surface area (Å²) in [5, 5.41) is 32.8. The van der Waals surface area contributed by atoms with Crippen molar-refractivity contribution in [3.05, 3.63) is 120 Å². The average Bonchev–Trinajstić information content (AvgIpc) is 2.98. The summed E-state index contributed by atoms with van der Waals surface area (Å²) in [5.41, 5.74) is -0.861. The molecule has 0 aliphatic carbocycles. The Labute approximate surface area is 241 Å². The lowest BCUT2D eigenvalue weighted by Crippen LogP contribution is -2.51. The minimum absolute atomic E-state index is 0.0204. The second-order valence-electron chi connectivity index (χ2n) is 9.14. The molecule has 1 aliphatic heterocycles. The van der Waals surface area contributed by atoms with E-state index in [9.17, 15) is 44.7 Å². The molecule has 1 fully saturated rings. The van der Waals surface area contributed by atoms with E-state index >= 15 is 0 Å². The first-order valence-corrected chi connectivity index (χ1v) is 12.4. The van der Waals surface area contributed by atoms with Crippen molar-refractivity contribution in [2.45, 2.75) is 37.9 Å². The molecule has 0 amide bonds.